The first kappa shape index (κ1) is 12.0. The Bertz CT molecular complexity index is 398. The Kier molecular flexibility index (Phi) is 3.40. The molecule has 0 aliphatic heterocycles. The molecule has 2 rings (SSSR count). The van der Waals surface area contributed by atoms with E-state index in [0.717, 1.165) is 32.1 Å². The van der Waals surface area contributed by atoms with E-state index in [2.05, 4.69) is 22.4 Å². The summed E-state index contributed by atoms with van der Waals surface area (Å²) in [6.45, 7) is 2.13. The molecule has 6 heteroatoms. The van der Waals surface area contributed by atoms with E-state index in [4.69, 9.17) is 0 Å². The molecule has 0 spiro atoms. The van der Waals surface area contributed by atoms with Crippen LogP contribution < -0.4 is 0 Å². The monoisotopic (exact) mass is 238 g/mol. The first-order valence-electron chi connectivity index (χ1n) is 6.22. The van der Waals surface area contributed by atoms with E-state index in [9.17, 15) is 9.90 Å². The number of carbonyl (C=O) groups is 1. The van der Waals surface area contributed by atoms with Crippen LogP contribution in [0.15, 0.2) is 0 Å². The summed E-state index contributed by atoms with van der Waals surface area (Å²) in [6, 6.07) is 0. The number of rotatable bonds is 6. The Morgan fingerprint density at radius 2 is 2.24 bits per heavy atom. The van der Waals surface area contributed by atoms with Crippen molar-refractivity contribution < 1.29 is 9.90 Å². The van der Waals surface area contributed by atoms with Gasteiger partial charge >= 0.3 is 5.97 Å². The zero-order valence-electron chi connectivity index (χ0n) is 10.1. The van der Waals surface area contributed by atoms with Gasteiger partial charge in [0.1, 0.15) is 0 Å². The Hall–Kier alpha value is -1.46. The van der Waals surface area contributed by atoms with E-state index < -0.39 is 11.5 Å². The molecule has 1 fully saturated rings. The number of aliphatic carboxylic acids is 1. The predicted molar refractivity (Wildman–Crippen MR) is 60.5 cm³/mol. The molecule has 0 bridgehead atoms. The number of carboxylic acids is 1. The van der Waals surface area contributed by atoms with Crippen molar-refractivity contribution in [1.82, 2.24) is 20.2 Å². The van der Waals surface area contributed by atoms with Gasteiger partial charge in [0, 0.05) is 6.42 Å². The summed E-state index contributed by atoms with van der Waals surface area (Å²) in [4.78, 5) is 11.4. The summed E-state index contributed by atoms with van der Waals surface area (Å²) < 4.78 is 1.54. The molecule has 1 aromatic rings. The molecule has 94 valence electrons. The van der Waals surface area contributed by atoms with Gasteiger partial charge in [-0.2, -0.15) is 0 Å². The zero-order valence-corrected chi connectivity index (χ0v) is 10.1. The van der Waals surface area contributed by atoms with Crippen LogP contribution in [-0.2, 0) is 16.8 Å². The molecule has 0 saturated heterocycles. The molecular formula is C11H18N4O2. The maximum absolute atomic E-state index is 11.4. The van der Waals surface area contributed by atoms with Crippen molar-refractivity contribution >= 4 is 5.97 Å². The van der Waals surface area contributed by atoms with Crippen molar-refractivity contribution in [3.8, 4) is 0 Å². The fraction of sp³-hybridized carbons (Fsp3) is 0.818. The second kappa shape index (κ2) is 4.81. The number of aryl methyl sites for hydroxylation is 1. The minimum Gasteiger partial charge on any atom is -0.479 e. The van der Waals surface area contributed by atoms with Crippen molar-refractivity contribution in [1.29, 1.82) is 0 Å². The van der Waals surface area contributed by atoms with Gasteiger partial charge in [0.25, 0.3) is 0 Å². The molecule has 0 amide bonds. The fourth-order valence-corrected chi connectivity index (χ4v) is 2.26. The van der Waals surface area contributed by atoms with Gasteiger partial charge in [-0.3, -0.25) is 0 Å². The Balaban J connectivity index is 2.15. The van der Waals surface area contributed by atoms with E-state index in [1.807, 2.05) is 0 Å². The molecule has 0 aromatic carbocycles. The third-order valence-corrected chi connectivity index (χ3v) is 3.52. The van der Waals surface area contributed by atoms with Gasteiger partial charge in [-0.25, -0.2) is 9.48 Å². The lowest BCUT2D eigenvalue weighted by Gasteiger charge is -2.37. The number of nitrogens with zero attached hydrogens (tertiary/aromatic N) is 4. The summed E-state index contributed by atoms with van der Waals surface area (Å²) in [5.41, 5.74) is -0.870. The van der Waals surface area contributed by atoms with E-state index in [1.54, 1.807) is 0 Å². The Morgan fingerprint density at radius 1 is 1.47 bits per heavy atom. The van der Waals surface area contributed by atoms with Crippen LogP contribution in [0, 0.1) is 0 Å². The molecule has 6 nitrogen and oxygen atoms in total. The minimum absolute atomic E-state index is 0.633. The molecule has 0 radical (unpaired) electrons. The molecule has 1 aliphatic carbocycles. The second-order valence-corrected chi connectivity index (χ2v) is 4.65. The van der Waals surface area contributed by atoms with Gasteiger partial charge in [-0.15, -0.1) is 5.10 Å². The highest BCUT2D eigenvalue weighted by atomic mass is 16.4. The van der Waals surface area contributed by atoms with Crippen LogP contribution in [0.5, 0.6) is 0 Å². The van der Waals surface area contributed by atoms with Crippen LogP contribution in [0.3, 0.4) is 0 Å². The highest BCUT2D eigenvalue weighted by Gasteiger charge is 2.48. The van der Waals surface area contributed by atoms with Crippen molar-refractivity contribution in [2.24, 2.45) is 0 Å². The number of tetrazole rings is 1. The average molecular weight is 238 g/mol. The molecule has 0 atom stereocenters. The second-order valence-electron chi connectivity index (χ2n) is 4.65. The highest BCUT2D eigenvalue weighted by molar-refractivity contribution is 5.77. The number of aromatic nitrogens is 4. The summed E-state index contributed by atoms with van der Waals surface area (Å²) >= 11 is 0. The molecular weight excluding hydrogens is 220 g/mol. The van der Waals surface area contributed by atoms with Crippen molar-refractivity contribution in [2.45, 2.75) is 57.4 Å². The zero-order chi connectivity index (χ0) is 12.3. The van der Waals surface area contributed by atoms with Crippen molar-refractivity contribution in [2.75, 3.05) is 0 Å². The summed E-state index contributed by atoms with van der Waals surface area (Å²) in [7, 11) is 0. The summed E-state index contributed by atoms with van der Waals surface area (Å²) in [5, 5.41) is 20.8. The van der Waals surface area contributed by atoms with Gasteiger partial charge in [0.2, 0.25) is 0 Å². The molecule has 1 saturated carbocycles. The van der Waals surface area contributed by atoms with Gasteiger partial charge in [-0.1, -0.05) is 19.8 Å². The first-order valence-corrected chi connectivity index (χ1v) is 6.22. The Morgan fingerprint density at radius 3 is 2.76 bits per heavy atom. The smallest absolute Gasteiger partial charge is 0.331 e. The molecule has 1 heterocycles. The van der Waals surface area contributed by atoms with Gasteiger partial charge in [0.15, 0.2) is 11.4 Å². The number of unbranched alkanes of at least 4 members (excludes halogenated alkanes) is 2. The molecule has 17 heavy (non-hydrogen) atoms. The van der Waals surface area contributed by atoms with Crippen molar-refractivity contribution in [3.63, 3.8) is 0 Å². The number of carboxylic acid groups (broad SMARTS) is 1. The largest absolute Gasteiger partial charge is 0.479 e. The first-order chi connectivity index (χ1) is 8.20. The number of hydrogen-bond acceptors (Lipinski definition) is 4. The lowest BCUT2D eigenvalue weighted by Crippen LogP contribution is -2.49. The third-order valence-electron chi connectivity index (χ3n) is 3.52. The maximum Gasteiger partial charge on any atom is 0.331 e. The molecule has 0 unspecified atom stereocenters. The van der Waals surface area contributed by atoms with E-state index in [0.29, 0.717) is 18.7 Å². The van der Waals surface area contributed by atoms with Crippen LogP contribution in [0.1, 0.15) is 51.3 Å². The number of hydrogen-bond donors (Lipinski definition) is 1. The summed E-state index contributed by atoms with van der Waals surface area (Å²) in [5.74, 6) is -0.103. The lowest BCUT2D eigenvalue weighted by atomic mass is 9.77. The molecule has 1 aliphatic rings. The lowest BCUT2D eigenvalue weighted by molar-refractivity contribution is -0.153. The minimum atomic E-state index is -0.870. The van der Waals surface area contributed by atoms with Crippen molar-refractivity contribution in [3.05, 3.63) is 5.82 Å². The standard InChI is InChI=1S/C11H18N4O2/c1-2-3-4-6-9-12-13-14-15(9)11(10(16)17)7-5-8-11/h2-8H2,1H3,(H,16,17). The highest BCUT2D eigenvalue weighted by Crippen LogP contribution is 2.39. The van der Waals surface area contributed by atoms with Crippen LogP contribution >= 0.6 is 0 Å². The topological polar surface area (TPSA) is 80.9 Å². The van der Waals surface area contributed by atoms with Crippen LogP contribution in [0.25, 0.3) is 0 Å². The quantitative estimate of drug-likeness (QED) is 0.757. The summed E-state index contributed by atoms with van der Waals surface area (Å²) in [6.07, 6.45) is 6.21. The third kappa shape index (κ3) is 2.03. The van der Waals surface area contributed by atoms with Gasteiger partial charge in [-0.05, 0) is 36.1 Å². The van der Waals surface area contributed by atoms with E-state index >= 15 is 0 Å². The normalized spacial score (nSPS) is 17.7. The van der Waals surface area contributed by atoms with Crippen LogP contribution in [0.4, 0.5) is 0 Å². The van der Waals surface area contributed by atoms with Crippen LogP contribution in [-0.4, -0.2) is 31.3 Å². The van der Waals surface area contributed by atoms with Crippen LogP contribution in [0.2, 0.25) is 0 Å². The SMILES string of the molecule is CCCCCc1nnnn1C1(C(=O)O)CCC1. The molecule has 1 N–H and O–H groups in total. The Labute approximate surface area is 100 Å². The van der Waals surface area contributed by atoms with E-state index in [1.165, 1.54) is 4.68 Å². The average Bonchev–Trinajstić information content (AvgIpc) is 2.65. The predicted octanol–water partition coefficient (Wildman–Crippen LogP) is 1.37. The molecule has 1 aromatic heterocycles. The van der Waals surface area contributed by atoms with Gasteiger partial charge in [0.05, 0.1) is 0 Å². The maximum atomic E-state index is 11.4. The fourth-order valence-electron chi connectivity index (χ4n) is 2.26. The van der Waals surface area contributed by atoms with E-state index in [-0.39, 0.29) is 0 Å². The van der Waals surface area contributed by atoms with Gasteiger partial charge < -0.3 is 5.11 Å².